The molecule has 2 N–H and O–H groups in total. The summed E-state index contributed by atoms with van der Waals surface area (Å²) in [6.45, 7) is 0.490. The molecule has 2 amide bonds. The van der Waals surface area contributed by atoms with Gasteiger partial charge in [-0.2, -0.15) is 4.31 Å². The van der Waals surface area contributed by atoms with Crippen molar-refractivity contribution in [2.24, 2.45) is 5.73 Å². The maximum absolute atomic E-state index is 12.8. The van der Waals surface area contributed by atoms with Crippen LogP contribution in [0.3, 0.4) is 0 Å². The Morgan fingerprint density at radius 2 is 1.71 bits per heavy atom. The summed E-state index contributed by atoms with van der Waals surface area (Å²) in [6, 6.07) is 7.38. The zero-order chi connectivity index (χ0) is 22.6. The molecule has 1 saturated heterocycles. The molecule has 0 atom stereocenters. The van der Waals surface area contributed by atoms with E-state index in [1.165, 1.54) is 39.9 Å². The summed E-state index contributed by atoms with van der Waals surface area (Å²) >= 11 is 0.949. The van der Waals surface area contributed by atoms with Crippen molar-refractivity contribution < 1.29 is 32.3 Å². The Labute approximate surface area is 183 Å². The van der Waals surface area contributed by atoms with Gasteiger partial charge in [0.05, 0.1) is 12.7 Å². The van der Waals surface area contributed by atoms with Crippen molar-refractivity contribution in [1.82, 2.24) is 9.21 Å². The molecule has 2 heterocycles. The molecule has 0 aliphatic carbocycles. The van der Waals surface area contributed by atoms with E-state index in [0.29, 0.717) is 11.3 Å². The molecular formula is C19H21N3O7S2. The second-order valence-electron chi connectivity index (χ2n) is 6.61. The van der Waals surface area contributed by atoms with Gasteiger partial charge in [-0.1, -0.05) is 0 Å². The second kappa shape index (κ2) is 9.45. The van der Waals surface area contributed by atoms with Crippen LogP contribution in [0, 0.1) is 0 Å². The number of carbonyl (C=O) groups is 3. The van der Waals surface area contributed by atoms with Crippen LogP contribution in [0.15, 0.2) is 39.9 Å². The number of hydrogen-bond acceptors (Lipinski definition) is 8. The van der Waals surface area contributed by atoms with Gasteiger partial charge in [-0.25, -0.2) is 13.2 Å². The highest BCUT2D eigenvalue weighted by molar-refractivity contribution is 7.91. The van der Waals surface area contributed by atoms with E-state index in [1.54, 1.807) is 12.1 Å². The lowest BCUT2D eigenvalue weighted by atomic mass is 10.2. The van der Waals surface area contributed by atoms with Crippen molar-refractivity contribution in [3.8, 4) is 5.75 Å². The average molecular weight is 468 g/mol. The van der Waals surface area contributed by atoms with Gasteiger partial charge in [-0.3, -0.25) is 9.59 Å². The summed E-state index contributed by atoms with van der Waals surface area (Å²) in [5.41, 5.74) is 5.69. The molecule has 0 saturated carbocycles. The number of piperazine rings is 1. The molecule has 0 bridgehead atoms. The van der Waals surface area contributed by atoms with E-state index in [9.17, 15) is 22.8 Å². The number of carbonyl (C=O) groups excluding carboxylic acids is 3. The number of rotatable bonds is 7. The first-order valence-electron chi connectivity index (χ1n) is 9.20. The molecule has 3 rings (SSSR count). The molecule has 0 spiro atoms. The van der Waals surface area contributed by atoms with Gasteiger partial charge in [0.1, 0.15) is 9.96 Å². The third-order valence-electron chi connectivity index (χ3n) is 4.68. The van der Waals surface area contributed by atoms with Crippen molar-refractivity contribution in [2.75, 3.05) is 39.9 Å². The first kappa shape index (κ1) is 22.7. The van der Waals surface area contributed by atoms with Crippen molar-refractivity contribution in [3.63, 3.8) is 0 Å². The molecule has 1 aromatic heterocycles. The molecule has 1 aliphatic heterocycles. The van der Waals surface area contributed by atoms with Crippen LogP contribution >= 0.6 is 11.3 Å². The molecule has 0 unspecified atom stereocenters. The van der Waals surface area contributed by atoms with Crippen LogP contribution in [0.25, 0.3) is 0 Å². The summed E-state index contributed by atoms with van der Waals surface area (Å²) in [7, 11) is -2.53. The van der Waals surface area contributed by atoms with Crippen molar-refractivity contribution in [2.45, 2.75) is 4.21 Å². The number of thiophene rings is 1. The Morgan fingerprint density at radius 3 is 2.29 bits per heavy atom. The molecule has 10 nitrogen and oxygen atoms in total. The maximum Gasteiger partial charge on any atom is 0.338 e. The Hall–Kier alpha value is -2.96. The highest BCUT2D eigenvalue weighted by Crippen LogP contribution is 2.25. The summed E-state index contributed by atoms with van der Waals surface area (Å²) < 4.78 is 37.0. The van der Waals surface area contributed by atoms with E-state index in [-0.39, 0.29) is 48.5 Å². The smallest absolute Gasteiger partial charge is 0.338 e. The van der Waals surface area contributed by atoms with Crippen LogP contribution in [0.2, 0.25) is 0 Å². The van der Waals surface area contributed by atoms with Crippen LogP contribution in [-0.2, 0) is 19.6 Å². The second-order valence-corrected chi connectivity index (χ2v) is 9.68. The molecule has 166 valence electrons. The monoisotopic (exact) mass is 467 g/mol. The van der Waals surface area contributed by atoms with Gasteiger partial charge in [0.25, 0.3) is 15.9 Å². The quantitative estimate of drug-likeness (QED) is 0.587. The van der Waals surface area contributed by atoms with Gasteiger partial charge in [0.2, 0.25) is 5.91 Å². The maximum atomic E-state index is 12.8. The van der Waals surface area contributed by atoms with Crippen molar-refractivity contribution >= 4 is 39.1 Å². The Morgan fingerprint density at radius 1 is 1.06 bits per heavy atom. The predicted octanol–water partition coefficient (Wildman–Crippen LogP) is 0.546. The fraction of sp³-hybridized carbons (Fsp3) is 0.316. The lowest BCUT2D eigenvalue weighted by molar-refractivity contribution is -0.134. The van der Waals surface area contributed by atoms with E-state index in [1.807, 2.05) is 0 Å². The molecule has 0 radical (unpaired) electrons. The zero-order valence-electron chi connectivity index (χ0n) is 16.6. The minimum atomic E-state index is -3.76. The fourth-order valence-electron chi connectivity index (χ4n) is 2.93. The molecule has 1 aliphatic rings. The standard InChI is InChI=1S/C19H21N3O7S2/c1-28-19(25)14-10-17(30-12-14)31(26,27)22-8-6-21(7-9-22)16(23)11-29-15-4-2-13(3-5-15)18(20)24/h2-5,10,12H,6-9,11H2,1H3,(H2,20,24). The lowest BCUT2D eigenvalue weighted by Crippen LogP contribution is -2.51. The summed E-state index contributed by atoms with van der Waals surface area (Å²) in [6.07, 6.45) is 0. The van der Waals surface area contributed by atoms with Gasteiger partial charge in [-0.15, -0.1) is 11.3 Å². The highest BCUT2D eigenvalue weighted by atomic mass is 32.2. The number of nitrogens with zero attached hydrogens (tertiary/aromatic N) is 2. The van der Waals surface area contributed by atoms with Crippen LogP contribution < -0.4 is 10.5 Å². The number of sulfonamides is 1. The summed E-state index contributed by atoms with van der Waals surface area (Å²) in [5, 5.41) is 1.44. The summed E-state index contributed by atoms with van der Waals surface area (Å²) in [4.78, 5) is 36.5. The number of hydrogen-bond donors (Lipinski definition) is 1. The van der Waals surface area contributed by atoms with Gasteiger partial charge in [-0.05, 0) is 30.3 Å². The number of nitrogens with two attached hydrogens (primary N) is 1. The minimum absolute atomic E-state index is 0.0513. The molecule has 1 fully saturated rings. The van der Waals surface area contributed by atoms with Gasteiger partial charge in [0, 0.05) is 37.1 Å². The van der Waals surface area contributed by atoms with Gasteiger partial charge >= 0.3 is 5.97 Å². The van der Waals surface area contributed by atoms with E-state index >= 15 is 0 Å². The van der Waals surface area contributed by atoms with E-state index in [0.717, 1.165) is 11.3 Å². The molecular weight excluding hydrogens is 446 g/mol. The first-order valence-corrected chi connectivity index (χ1v) is 11.5. The van der Waals surface area contributed by atoms with E-state index < -0.39 is 21.9 Å². The summed E-state index contributed by atoms with van der Waals surface area (Å²) in [5.74, 6) is -1.02. The number of ether oxygens (including phenoxy) is 2. The Balaban J connectivity index is 1.53. The largest absolute Gasteiger partial charge is 0.484 e. The Kier molecular flexibility index (Phi) is 6.93. The molecule has 2 aromatic rings. The van der Waals surface area contributed by atoms with Crippen molar-refractivity contribution in [3.05, 3.63) is 46.8 Å². The normalized spacial score (nSPS) is 14.8. The van der Waals surface area contributed by atoms with E-state index in [4.69, 9.17) is 10.5 Å². The SMILES string of the molecule is COC(=O)c1csc(S(=O)(=O)N2CCN(C(=O)COc3ccc(C(N)=O)cc3)CC2)c1. The lowest BCUT2D eigenvalue weighted by Gasteiger charge is -2.33. The fourth-order valence-corrected chi connectivity index (χ4v) is 5.66. The topological polar surface area (TPSA) is 136 Å². The van der Waals surface area contributed by atoms with E-state index in [2.05, 4.69) is 4.74 Å². The highest BCUT2D eigenvalue weighted by Gasteiger charge is 2.31. The van der Waals surface area contributed by atoms with Gasteiger partial charge < -0.3 is 20.1 Å². The zero-order valence-corrected chi connectivity index (χ0v) is 18.3. The van der Waals surface area contributed by atoms with Crippen molar-refractivity contribution in [1.29, 1.82) is 0 Å². The van der Waals surface area contributed by atoms with Gasteiger partial charge in [0.15, 0.2) is 6.61 Å². The van der Waals surface area contributed by atoms with Crippen LogP contribution in [0.1, 0.15) is 20.7 Å². The van der Waals surface area contributed by atoms with Crippen LogP contribution in [-0.4, -0.2) is 75.3 Å². The number of benzene rings is 1. The van der Waals surface area contributed by atoms with Crippen LogP contribution in [0.5, 0.6) is 5.75 Å². The molecule has 12 heteroatoms. The average Bonchev–Trinajstić information content (AvgIpc) is 3.28. The predicted molar refractivity (Wildman–Crippen MR) is 111 cm³/mol. The molecule has 31 heavy (non-hydrogen) atoms. The number of primary amides is 1. The minimum Gasteiger partial charge on any atom is -0.484 e. The Bertz CT molecular complexity index is 1070. The third kappa shape index (κ3) is 5.21. The number of amides is 2. The van der Waals surface area contributed by atoms with Crippen LogP contribution in [0.4, 0.5) is 0 Å². The number of methoxy groups -OCH3 is 1. The molecule has 1 aromatic carbocycles. The third-order valence-corrected chi connectivity index (χ3v) is 8.00. The number of esters is 1. The first-order chi connectivity index (χ1) is 14.7.